The van der Waals surface area contributed by atoms with Crippen LogP contribution in [0.5, 0.6) is 0 Å². The maximum Gasteiger partial charge on any atom is 0.393 e. The lowest BCUT2D eigenvalue weighted by atomic mass is 9.84. The molecule has 2 unspecified atom stereocenters. The molecule has 0 bridgehead atoms. The molecule has 1 heterocycles. The molecule has 6 heteroatoms. The van der Waals surface area contributed by atoms with Crippen molar-refractivity contribution in [3.8, 4) is 0 Å². The van der Waals surface area contributed by atoms with E-state index in [2.05, 4.69) is 10.5 Å². The van der Waals surface area contributed by atoms with Crippen molar-refractivity contribution in [1.29, 1.82) is 0 Å². The van der Waals surface area contributed by atoms with Crippen LogP contribution < -0.4 is 5.32 Å². The van der Waals surface area contributed by atoms with Crippen molar-refractivity contribution < 1.29 is 17.7 Å². The van der Waals surface area contributed by atoms with E-state index in [1.807, 2.05) is 0 Å². The summed E-state index contributed by atoms with van der Waals surface area (Å²) in [5.74, 6) is -0.564. The SMILES string of the molecule is Cc1noc(C)c1CNC1CCCCC1C(F)(F)F. The van der Waals surface area contributed by atoms with E-state index in [4.69, 9.17) is 4.52 Å². The summed E-state index contributed by atoms with van der Waals surface area (Å²) in [4.78, 5) is 0. The Kier molecular flexibility index (Phi) is 4.18. The lowest BCUT2D eigenvalue weighted by molar-refractivity contribution is -0.189. The van der Waals surface area contributed by atoms with Crippen LogP contribution in [0.2, 0.25) is 0 Å². The van der Waals surface area contributed by atoms with Gasteiger partial charge < -0.3 is 9.84 Å². The van der Waals surface area contributed by atoms with E-state index in [1.54, 1.807) is 13.8 Å². The Balaban J connectivity index is 2.01. The summed E-state index contributed by atoms with van der Waals surface area (Å²) in [7, 11) is 0. The molecule has 0 radical (unpaired) electrons. The molecule has 1 aromatic rings. The van der Waals surface area contributed by atoms with E-state index in [1.165, 1.54) is 0 Å². The molecule has 0 amide bonds. The molecule has 0 spiro atoms. The molecule has 1 aromatic heterocycles. The molecule has 2 atom stereocenters. The van der Waals surface area contributed by atoms with E-state index in [0.29, 0.717) is 25.1 Å². The van der Waals surface area contributed by atoms with E-state index in [0.717, 1.165) is 17.7 Å². The molecular formula is C13H19F3N2O. The van der Waals surface area contributed by atoms with Gasteiger partial charge in [-0.2, -0.15) is 13.2 Å². The average Bonchev–Trinajstić information content (AvgIpc) is 2.66. The van der Waals surface area contributed by atoms with Crippen molar-refractivity contribution in [3.05, 3.63) is 17.0 Å². The van der Waals surface area contributed by atoms with Crippen molar-refractivity contribution in [2.45, 2.75) is 58.3 Å². The predicted octanol–water partition coefficient (Wildman–Crippen LogP) is 3.50. The maximum atomic E-state index is 12.9. The number of hydrogen-bond donors (Lipinski definition) is 1. The lowest BCUT2D eigenvalue weighted by Crippen LogP contribution is -2.45. The zero-order chi connectivity index (χ0) is 14.0. The van der Waals surface area contributed by atoms with Crippen molar-refractivity contribution in [3.63, 3.8) is 0 Å². The van der Waals surface area contributed by atoms with Crippen LogP contribution in [0, 0.1) is 19.8 Å². The summed E-state index contributed by atoms with van der Waals surface area (Å²) >= 11 is 0. The van der Waals surface area contributed by atoms with Crippen LogP contribution in [0.3, 0.4) is 0 Å². The van der Waals surface area contributed by atoms with Crippen molar-refractivity contribution in [1.82, 2.24) is 10.5 Å². The minimum atomic E-state index is -4.11. The first-order valence-corrected chi connectivity index (χ1v) is 6.61. The predicted molar refractivity (Wildman–Crippen MR) is 64.6 cm³/mol. The number of hydrogen-bond acceptors (Lipinski definition) is 3. The number of rotatable bonds is 3. The first-order valence-electron chi connectivity index (χ1n) is 6.61. The van der Waals surface area contributed by atoms with E-state index in [9.17, 15) is 13.2 Å². The zero-order valence-corrected chi connectivity index (χ0v) is 11.2. The minimum Gasteiger partial charge on any atom is -0.361 e. The first kappa shape index (κ1) is 14.4. The zero-order valence-electron chi connectivity index (χ0n) is 11.2. The van der Waals surface area contributed by atoms with Crippen LogP contribution in [0.1, 0.15) is 42.7 Å². The highest BCUT2D eigenvalue weighted by Crippen LogP contribution is 2.37. The largest absolute Gasteiger partial charge is 0.393 e. The Labute approximate surface area is 110 Å². The molecular weight excluding hydrogens is 257 g/mol. The van der Waals surface area contributed by atoms with Gasteiger partial charge in [0.1, 0.15) is 5.76 Å². The van der Waals surface area contributed by atoms with Crippen molar-refractivity contribution in [2.24, 2.45) is 5.92 Å². The van der Waals surface area contributed by atoms with Gasteiger partial charge in [0, 0.05) is 18.2 Å². The van der Waals surface area contributed by atoms with Gasteiger partial charge in [-0.25, -0.2) is 0 Å². The molecule has 1 saturated carbocycles. The molecule has 1 aliphatic carbocycles. The average molecular weight is 276 g/mol. The summed E-state index contributed by atoms with van der Waals surface area (Å²) in [6.07, 6.45) is -1.80. The molecule has 1 fully saturated rings. The van der Waals surface area contributed by atoms with Gasteiger partial charge in [-0.15, -0.1) is 0 Å². The lowest BCUT2D eigenvalue weighted by Gasteiger charge is -2.33. The molecule has 0 aliphatic heterocycles. The molecule has 3 nitrogen and oxygen atoms in total. The first-order chi connectivity index (χ1) is 8.89. The highest BCUT2D eigenvalue weighted by Gasteiger charge is 2.45. The van der Waals surface area contributed by atoms with Crippen LogP contribution in [0.4, 0.5) is 13.2 Å². The molecule has 1 N–H and O–H groups in total. The third-order valence-corrected chi connectivity index (χ3v) is 3.91. The van der Waals surface area contributed by atoms with E-state index in [-0.39, 0.29) is 6.42 Å². The maximum absolute atomic E-state index is 12.9. The van der Waals surface area contributed by atoms with Crippen LogP contribution in [0.15, 0.2) is 4.52 Å². The Bertz CT molecular complexity index is 409. The fourth-order valence-corrected chi connectivity index (χ4v) is 2.75. The third-order valence-electron chi connectivity index (χ3n) is 3.91. The number of halogens is 3. The van der Waals surface area contributed by atoms with Gasteiger partial charge in [0.15, 0.2) is 0 Å². The number of aromatic nitrogens is 1. The number of nitrogens with one attached hydrogen (secondary N) is 1. The van der Waals surface area contributed by atoms with Gasteiger partial charge in [-0.3, -0.25) is 0 Å². The summed E-state index contributed by atoms with van der Waals surface area (Å²) in [6.45, 7) is 3.97. The highest BCUT2D eigenvalue weighted by molar-refractivity contribution is 5.20. The smallest absolute Gasteiger partial charge is 0.361 e. The van der Waals surface area contributed by atoms with Crippen LogP contribution in [0.25, 0.3) is 0 Å². The summed E-state index contributed by atoms with van der Waals surface area (Å²) < 4.78 is 43.9. The van der Waals surface area contributed by atoms with Gasteiger partial charge in [0.05, 0.1) is 11.6 Å². The van der Waals surface area contributed by atoms with Gasteiger partial charge in [-0.05, 0) is 26.7 Å². The Morgan fingerprint density at radius 3 is 2.53 bits per heavy atom. The van der Waals surface area contributed by atoms with Crippen molar-refractivity contribution >= 4 is 0 Å². The standard InChI is InChI=1S/C13H19F3N2O/c1-8-10(9(2)19-18-8)7-17-12-6-4-3-5-11(12)13(14,15)16/h11-12,17H,3-7H2,1-2H3. The molecule has 2 rings (SSSR count). The molecule has 1 aliphatic rings. The third kappa shape index (κ3) is 3.29. The van der Waals surface area contributed by atoms with E-state index < -0.39 is 18.1 Å². The second-order valence-electron chi connectivity index (χ2n) is 5.22. The fraction of sp³-hybridized carbons (Fsp3) is 0.769. The summed E-state index contributed by atoms with van der Waals surface area (Å²) in [5.41, 5.74) is 1.61. The fourth-order valence-electron chi connectivity index (χ4n) is 2.75. The van der Waals surface area contributed by atoms with Gasteiger partial charge in [-0.1, -0.05) is 18.0 Å². The van der Waals surface area contributed by atoms with Crippen LogP contribution in [-0.2, 0) is 6.54 Å². The molecule has 108 valence electrons. The van der Waals surface area contributed by atoms with Crippen LogP contribution in [-0.4, -0.2) is 17.4 Å². The monoisotopic (exact) mass is 276 g/mol. The molecule has 0 aromatic carbocycles. The molecule has 0 saturated heterocycles. The second kappa shape index (κ2) is 5.53. The van der Waals surface area contributed by atoms with Crippen LogP contribution >= 0.6 is 0 Å². The Morgan fingerprint density at radius 1 is 1.26 bits per heavy atom. The van der Waals surface area contributed by atoms with Crippen molar-refractivity contribution in [2.75, 3.05) is 0 Å². The number of nitrogens with zero attached hydrogens (tertiary/aromatic N) is 1. The number of aryl methyl sites for hydroxylation is 2. The molecule has 19 heavy (non-hydrogen) atoms. The topological polar surface area (TPSA) is 38.1 Å². The highest BCUT2D eigenvalue weighted by atomic mass is 19.4. The quantitative estimate of drug-likeness (QED) is 0.918. The summed E-state index contributed by atoms with van der Waals surface area (Å²) in [5, 5.41) is 6.85. The van der Waals surface area contributed by atoms with E-state index >= 15 is 0 Å². The minimum absolute atomic E-state index is 0.225. The normalized spacial score (nSPS) is 24.7. The van der Waals surface area contributed by atoms with Gasteiger partial charge in [0.25, 0.3) is 0 Å². The Morgan fingerprint density at radius 2 is 1.95 bits per heavy atom. The summed E-state index contributed by atoms with van der Waals surface area (Å²) in [6, 6.07) is -0.498. The Hall–Kier alpha value is -1.04. The number of alkyl halides is 3. The van der Waals surface area contributed by atoms with Gasteiger partial charge in [0.2, 0.25) is 0 Å². The van der Waals surface area contributed by atoms with Gasteiger partial charge >= 0.3 is 6.18 Å². The second-order valence-corrected chi connectivity index (χ2v) is 5.22.